The fraction of sp³-hybridized carbons (Fsp3) is 0.294. The molecule has 3 rings (SSSR count). The predicted molar refractivity (Wildman–Crippen MR) is 80.6 cm³/mol. The molecular formula is C17H20N2. The molecule has 1 unspecified atom stereocenters. The van der Waals surface area contributed by atoms with E-state index < -0.39 is 0 Å². The lowest BCUT2D eigenvalue weighted by Crippen LogP contribution is -2.22. The molecule has 1 aliphatic rings. The Kier molecular flexibility index (Phi) is 3.80. The molecular weight excluding hydrogens is 232 g/mol. The number of anilines is 1. The van der Waals surface area contributed by atoms with Gasteiger partial charge in [0.15, 0.2) is 0 Å². The second kappa shape index (κ2) is 5.89. The number of hydrogen-bond acceptors (Lipinski definition) is 2. The Morgan fingerprint density at radius 3 is 2.58 bits per heavy atom. The first-order chi connectivity index (χ1) is 9.42. The third-order valence-corrected chi connectivity index (χ3v) is 3.67. The fourth-order valence-electron chi connectivity index (χ4n) is 2.63. The summed E-state index contributed by atoms with van der Waals surface area (Å²) in [7, 11) is 0. The van der Waals surface area contributed by atoms with Crippen LogP contribution >= 0.6 is 0 Å². The third kappa shape index (κ3) is 3.15. The summed E-state index contributed by atoms with van der Waals surface area (Å²) < 4.78 is 0. The van der Waals surface area contributed by atoms with Gasteiger partial charge in [0, 0.05) is 18.3 Å². The Morgan fingerprint density at radius 1 is 1.00 bits per heavy atom. The average molecular weight is 252 g/mol. The van der Waals surface area contributed by atoms with Crippen LogP contribution in [-0.4, -0.2) is 19.1 Å². The van der Waals surface area contributed by atoms with Gasteiger partial charge in [0.1, 0.15) is 0 Å². The van der Waals surface area contributed by atoms with E-state index in [0.29, 0.717) is 6.04 Å². The monoisotopic (exact) mass is 252 g/mol. The molecule has 2 N–H and O–H groups in total. The molecule has 2 heteroatoms. The lowest BCUT2D eigenvalue weighted by Gasteiger charge is -2.16. The van der Waals surface area contributed by atoms with Crippen LogP contribution in [0.5, 0.6) is 0 Å². The minimum Gasteiger partial charge on any atom is -0.381 e. The second-order valence-corrected chi connectivity index (χ2v) is 5.15. The first-order valence-electron chi connectivity index (χ1n) is 7.01. The summed E-state index contributed by atoms with van der Waals surface area (Å²) in [6, 6.07) is 19.9. The zero-order valence-electron chi connectivity index (χ0n) is 11.1. The van der Waals surface area contributed by atoms with Crippen molar-refractivity contribution in [1.82, 2.24) is 5.32 Å². The Hall–Kier alpha value is -1.80. The minimum absolute atomic E-state index is 0.567. The normalized spacial score (nSPS) is 18.4. The number of rotatable bonds is 4. The summed E-state index contributed by atoms with van der Waals surface area (Å²) >= 11 is 0. The maximum Gasteiger partial charge on any atom is 0.0398 e. The van der Waals surface area contributed by atoms with Crippen LogP contribution in [0.2, 0.25) is 0 Å². The predicted octanol–water partition coefficient (Wildman–Crippen LogP) is 3.05. The molecule has 1 fully saturated rings. The Balaban J connectivity index is 1.77. The Bertz CT molecular complexity index is 516. The van der Waals surface area contributed by atoms with E-state index in [4.69, 9.17) is 0 Å². The molecule has 2 nitrogen and oxygen atoms in total. The van der Waals surface area contributed by atoms with Crippen molar-refractivity contribution in [1.29, 1.82) is 0 Å². The number of nitrogens with one attached hydrogen (secondary N) is 2. The average Bonchev–Trinajstić information content (AvgIpc) is 2.95. The quantitative estimate of drug-likeness (QED) is 0.874. The van der Waals surface area contributed by atoms with Crippen LogP contribution in [0.1, 0.15) is 17.5 Å². The van der Waals surface area contributed by atoms with Gasteiger partial charge in [-0.3, -0.25) is 0 Å². The Labute approximate surface area is 114 Å². The highest BCUT2D eigenvalue weighted by molar-refractivity contribution is 5.53. The van der Waals surface area contributed by atoms with Crippen LogP contribution in [0.25, 0.3) is 0 Å². The highest BCUT2D eigenvalue weighted by Crippen LogP contribution is 2.20. The molecule has 0 bridgehead atoms. The van der Waals surface area contributed by atoms with E-state index in [2.05, 4.69) is 65.2 Å². The molecule has 1 saturated heterocycles. The lowest BCUT2D eigenvalue weighted by molar-refractivity contribution is 0.791. The van der Waals surface area contributed by atoms with Gasteiger partial charge in [-0.1, -0.05) is 48.5 Å². The van der Waals surface area contributed by atoms with Gasteiger partial charge in [-0.15, -0.1) is 0 Å². The van der Waals surface area contributed by atoms with Crippen molar-refractivity contribution in [2.45, 2.75) is 18.9 Å². The summed E-state index contributed by atoms with van der Waals surface area (Å²) in [6.07, 6.45) is 2.20. The molecule has 0 aromatic heterocycles. The summed E-state index contributed by atoms with van der Waals surface area (Å²) in [6.45, 7) is 2.19. The van der Waals surface area contributed by atoms with Crippen molar-refractivity contribution in [2.24, 2.45) is 0 Å². The topological polar surface area (TPSA) is 24.1 Å². The standard InChI is InChI=1S/C17H20N2/c1-2-6-14(7-3-1)12-15-8-4-5-9-17(15)19-16-10-11-18-13-16/h1-9,16,18-19H,10-13H2. The molecule has 0 aliphatic carbocycles. The smallest absolute Gasteiger partial charge is 0.0398 e. The highest BCUT2D eigenvalue weighted by Gasteiger charge is 2.15. The maximum atomic E-state index is 3.67. The van der Waals surface area contributed by atoms with Crippen LogP contribution in [0.4, 0.5) is 5.69 Å². The summed E-state index contributed by atoms with van der Waals surface area (Å²) in [4.78, 5) is 0. The van der Waals surface area contributed by atoms with Gasteiger partial charge in [0.05, 0.1) is 0 Å². The van der Waals surface area contributed by atoms with Crippen LogP contribution in [0, 0.1) is 0 Å². The molecule has 1 heterocycles. The van der Waals surface area contributed by atoms with Crippen molar-refractivity contribution in [2.75, 3.05) is 18.4 Å². The van der Waals surface area contributed by atoms with E-state index in [1.165, 1.54) is 23.2 Å². The zero-order valence-corrected chi connectivity index (χ0v) is 11.1. The molecule has 0 amide bonds. The molecule has 2 aromatic rings. The second-order valence-electron chi connectivity index (χ2n) is 5.15. The molecule has 1 aliphatic heterocycles. The third-order valence-electron chi connectivity index (χ3n) is 3.67. The van der Waals surface area contributed by atoms with Crippen LogP contribution < -0.4 is 10.6 Å². The van der Waals surface area contributed by atoms with Crippen molar-refractivity contribution < 1.29 is 0 Å². The van der Waals surface area contributed by atoms with E-state index in [0.717, 1.165) is 19.5 Å². The Morgan fingerprint density at radius 2 is 1.79 bits per heavy atom. The largest absolute Gasteiger partial charge is 0.381 e. The zero-order chi connectivity index (χ0) is 12.9. The minimum atomic E-state index is 0.567. The van der Waals surface area contributed by atoms with E-state index in [1.54, 1.807) is 0 Å². The van der Waals surface area contributed by atoms with Gasteiger partial charge >= 0.3 is 0 Å². The number of benzene rings is 2. The van der Waals surface area contributed by atoms with E-state index in [1.807, 2.05) is 0 Å². The van der Waals surface area contributed by atoms with Gasteiger partial charge in [0.2, 0.25) is 0 Å². The molecule has 0 saturated carbocycles. The van der Waals surface area contributed by atoms with Gasteiger partial charge in [-0.2, -0.15) is 0 Å². The molecule has 1 atom stereocenters. The molecule has 19 heavy (non-hydrogen) atoms. The fourth-order valence-corrected chi connectivity index (χ4v) is 2.63. The van der Waals surface area contributed by atoms with E-state index in [9.17, 15) is 0 Å². The summed E-state index contributed by atoms with van der Waals surface area (Å²) in [5, 5.41) is 7.07. The van der Waals surface area contributed by atoms with Crippen molar-refractivity contribution in [3.63, 3.8) is 0 Å². The van der Waals surface area contributed by atoms with E-state index >= 15 is 0 Å². The van der Waals surface area contributed by atoms with Gasteiger partial charge in [-0.05, 0) is 36.6 Å². The van der Waals surface area contributed by atoms with E-state index in [-0.39, 0.29) is 0 Å². The molecule has 0 radical (unpaired) electrons. The van der Waals surface area contributed by atoms with Crippen molar-refractivity contribution >= 4 is 5.69 Å². The first-order valence-corrected chi connectivity index (χ1v) is 7.01. The molecule has 0 spiro atoms. The van der Waals surface area contributed by atoms with Crippen LogP contribution in [0.15, 0.2) is 54.6 Å². The summed E-state index contributed by atoms with van der Waals surface area (Å²) in [5.41, 5.74) is 4.02. The highest BCUT2D eigenvalue weighted by atomic mass is 15.0. The van der Waals surface area contributed by atoms with Crippen LogP contribution in [-0.2, 0) is 6.42 Å². The van der Waals surface area contributed by atoms with Crippen molar-refractivity contribution in [3.05, 3.63) is 65.7 Å². The van der Waals surface area contributed by atoms with Gasteiger partial charge in [0.25, 0.3) is 0 Å². The molecule has 98 valence electrons. The van der Waals surface area contributed by atoms with Gasteiger partial charge < -0.3 is 10.6 Å². The first kappa shape index (κ1) is 12.2. The lowest BCUT2D eigenvalue weighted by atomic mass is 10.0. The molecule has 2 aromatic carbocycles. The van der Waals surface area contributed by atoms with Crippen LogP contribution in [0.3, 0.4) is 0 Å². The SMILES string of the molecule is c1ccc(Cc2ccccc2NC2CCNC2)cc1. The number of hydrogen-bond donors (Lipinski definition) is 2. The summed E-state index contributed by atoms with van der Waals surface area (Å²) in [5.74, 6) is 0. The maximum absolute atomic E-state index is 3.67. The number of para-hydroxylation sites is 1. The van der Waals surface area contributed by atoms with Gasteiger partial charge in [-0.25, -0.2) is 0 Å². The van der Waals surface area contributed by atoms with Crippen molar-refractivity contribution in [3.8, 4) is 0 Å².